The molecule has 140 valence electrons. The van der Waals surface area contributed by atoms with Crippen molar-refractivity contribution in [1.82, 2.24) is 5.32 Å². The molecule has 2 N–H and O–H groups in total. The van der Waals surface area contributed by atoms with Crippen LogP contribution in [0, 0.1) is 17.8 Å². The lowest BCUT2D eigenvalue weighted by Crippen LogP contribution is -2.31. The molecule has 2 amide bonds. The number of amides is 2. The lowest BCUT2D eigenvalue weighted by Gasteiger charge is -2.19. The molecule has 1 aromatic carbocycles. The molecule has 3 atom stereocenters. The summed E-state index contributed by atoms with van der Waals surface area (Å²) in [5, 5.41) is 5.27. The molecule has 2 aliphatic rings. The van der Waals surface area contributed by atoms with Gasteiger partial charge in [0.25, 0.3) is 5.91 Å². The predicted octanol–water partition coefficient (Wildman–Crippen LogP) is 2.46. The van der Waals surface area contributed by atoms with Crippen LogP contribution >= 0.6 is 0 Å². The Labute approximate surface area is 152 Å². The number of fused-ring (bicyclic) bond motifs is 2. The number of ether oxygens (including phenoxy) is 2. The van der Waals surface area contributed by atoms with E-state index >= 15 is 0 Å². The minimum atomic E-state index is -0.539. The zero-order valence-electron chi connectivity index (χ0n) is 14.8. The number of carbonyl (C=O) groups is 3. The van der Waals surface area contributed by atoms with Crippen LogP contribution < -0.4 is 10.6 Å². The van der Waals surface area contributed by atoms with Crippen molar-refractivity contribution in [2.45, 2.75) is 32.2 Å². The smallest absolute Gasteiger partial charge is 0.411 e. The predicted molar refractivity (Wildman–Crippen MR) is 94.2 cm³/mol. The molecule has 0 aliphatic heterocycles. The van der Waals surface area contributed by atoms with Crippen LogP contribution in [0.2, 0.25) is 0 Å². The summed E-state index contributed by atoms with van der Waals surface area (Å²) in [7, 11) is 1.29. The third kappa shape index (κ3) is 4.53. The summed E-state index contributed by atoms with van der Waals surface area (Å²) in [5.41, 5.74) is 1.47. The standard InChI is InChI=1S/C19H24N2O5/c1-25-19(24)21-15-6-3-12(4-7-15)10-20-17(22)11-26-18(23)16-9-13-2-5-14(16)8-13/h3-4,6-7,13-14,16H,2,5,8-11H2,1H3,(H,20,22)(H,21,24)/t13-,14-,16+/m0/s1. The maximum Gasteiger partial charge on any atom is 0.411 e. The topological polar surface area (TPSA) is 93.7 Å². The van der Waals surface area contributed by atoms with E-state index in [-0.39, 0.29) is 24.4 Å². The largest absolute Gasteiger partial charge is 0.455 e. The van der Waals surface area contributed by atoms with E-state index in [1.54, 1.807) is 24.3 Å². The highest BCUT2D eigenvalue weighted by molar-refractivity contribution is 5.84. The van der Waals surface area contributed by atoms with E-state index in [2.05, 4.69) is 15.4 Å². The quantitative estimate of drug-likeness (QED) is 0.760. The molecule has 0 heterocycles. The van der Waals surface area contributed by atoms with Gasteiger partial charge in [-0.2, -0.15) is 0 Å². The highest BCUT2D eigenvalue weighted by Crippen LogP contribution is 2.48. The van der Waals surface area contributed by atoms with Crippen LogP contribution in [0.5, 0.6) is 0 Å². The van der Waals surface area contributed by atoms with E-state index in [0.717, 1.165) is 24.8 Å². The molecule has 1 aromatic rings. The third-order valence-corrected chi connectivity index (χ3v) is 5.26. The SMILES string of the molecule is COC(=O)Nc1ccc(CNC(=O)COC(=O)[C@@H]2C[C@H]3CC[C@H]2C3)cc1. The zero-order valence-corrected chi connectivity index (χ0v) is 14.8. The van der Waals surface area contributed by atoms with Gasteiger partial charge in [-0.3, -0.25) is 14.9 Å². The number of anilines is 1. The van der Waals surface area contributed by atoms with Crippen LogP contribution in [0.1, 0.15) is 31.2 Å². The van der Waals surface area contributed by atoms with Crippen LogP contribution in [0.15, 0.2) is 24.3 Å². The first kappa shape index (κ1) is 18.2. The van der Waals surface area contributed by atoms with Crippen molar-refractivity contribution < 1.29 is 23.9 Å². The Bertz CT molecular complexity index is 673. The van der Waals surface area contributed by atoms with Gasteiger partial charge in [-0.25, -0.2) is 4.79 Å². The molecular weight excluding hydrogens is 336 g/mol. The Balaban J connectivity index is 1.37. The summed E-state index contributed by atoms with van der Waals surface area (Å²) < 4.78 is 9.71. The molecular formula is C19H24N2O5. The van der Waals surface area contributed by atoms with Gasteiger partial charge in [0.15, 0.2) is 6.61 Å². The number of hydrogen-bond donors (Lipinski definition) is 2. The maximum absolute atomic E-state index is 12.1. The number of benzene rings is 1. The number of methoxy groups -OCH3 is 1. The Morgan fingerprint density at radius 3 is 2.50 bits per heavy atom. The molecule has 2 bridgehead atoms. The van der Waals surface area contributed by atoms with Gasteiger partial charge in [0, 0.05) is 12.2 Å². The zero-order chi connectivity index (χ0) is 18.5. The van der Waals surface area contributed by atoms with E-state index in [1.807, 2.05) is 0 Å². The van der Waals surface area contributed by atoms with Crippen LogP contribution in [0.3, 0.4) is 0 Å². The van der Waals surface area contributed by atoms with Crippen LogP contribution in [0.25, 0.3) is 0 Å². The van der Waals surface area contributed by atoms with Crippen LogP contribution in [0.4, 0.5) is 10.5 Å². The summed E-state index contributed by atoms with van der Waals surface area (Å²) in [6.45, 7) is 0.0811. The number of rotatable bonds is 6. The number of nitrogens with one attached hydrogen (secondary N) is 2. The van der Waals surface area contributed by atoms with Crippen LogP contribution in [-0.2, 0) is 25.6 Å². The molecule has 7 nitrogen and oxygen atoms in total. The number of esters is 1. The lowest BCUT2D eigenvalue weighted by atomic mass is 9.89. The first-order valence-corrected chi connectivity index (χ1v) is 8.92. The maximum atomic E-state index is 12.1. The van der Waals surface area contributed by atoms with Crippen molar-refractivity contribution in [1.29, 1.82) is 0 Å². The Morgan fingerprint density at radius 2 is 1.88 bits per heavy atom. The average molecular weight is 360 g/mol. The van der Waals surface area contributed by atoms with Gasteiger partial charge in [-0.1, -0.05) is 18.6 Å². The summed E-state index contributed by atoms with van der Waals surface area (Å²) in [6, 6.07) is 7.00. The summed E-state index contributed by atoms with van der Waals surface area (Å²) >= 11 is 0. The Hall–Kier alpha value is -2.57. The molecule has 7 heteroatoms. The van der Waals surface area contributed by atoms with E-state index in [0.29, 0.717) is 24.1 Å². The number of hydrogen-bond acceptors (Lipinski definition) is 5. The summed E-state index contributed by atoms with van der Waals surface area (Å²) in [5.74, 6) is 0.552. The van der Waals surface area contributed by atoms with E-state index in [1.165, 1.54) is 13.5 Å². The molecule has 3 rings (SSSR count). The van der Waals surface area contributed by atoms with Gasteiger partial charge in [0.05, 0.1) is 13.0 Å². The summed E-state index contributed by atoms with van der Waals surface area (Å²) in [4.78, 5) is 35.1. The summed E-state index contributed by atoms with van der Waals surface area (Å²) in [6.07, 6.45) is 3.84. The highest BCUT2D eigenvalue weighted by Gasteiger charge is 2.43. The Kier molecular flexibility index (Phi) is 5.75. The normalized spacial score (nSPS) is 23.3. The fourth-order valence-corrected chi connectivity index (χ4v) is 3.90. The van der Waals surface area contributed by atoms with E-state index in [9.17, 15) is 14.4 Å². The first-order chi connectivity index (χ1) is 12.5. The first-order valence-electron chi connectivity index (χ1n) is 8.92. The van der Waals surface area contributed by atoms with Gasteiger partial charge in [0.1, 0.15) is 0 Å². The lowest BCUT2D eigenvalue weighted by molar-refractivity contribution is -0.154. The van der Waals surface area contributed by atoms with Gasteiger partial charge in [0.2, 0.25) is 0 Å². The molecule has 0 radical (unpaired) electrons. The second-order valence-electron chi connectivity index (χ2n) is 6.98. The van der Waals surface area contributed by atoms with Crippen molar-refractivity contribution in [3.8, 4) is 0 Å². The molecule has 2 fully saturated rings. The molecule has 0 spiro atoms. The third-order valence-electron chi connectivity index (χ3n) is 5.26. The molecule has 0 aromatic heterocycles. The Morgan fingerprint density at radius 1 is 1.12 bits per heavy atom. The second kappa shape index (κ2) is 8.21. The van der Waals surface area contributed by atoms with Gasteiger partial charge in [-0.05, 0) is 48.8 Å². The molecule has 2 saturated carbocycles. The molecule has 0 saturated heterocycles. The molecule has 2 aliphatic carbocycles. The fraction of sp³-hybridized carbons (Fsp3) is 0.526. The van der Waals surface area contributed by atoms with Gasteiger partial charge < -0.3 is 14.8 Å². The van der Waals surface area contributed by atoms with Crippen LogP contribution in [-0.4, -0.2) is 31.7 Å². The van der Waals surface area contributed by atoms with Gasteiger partial charge >= 0.3 is 12.1 Å². The molecule has 26 heavy (non-hydrogen) atoms. The minimum Gasteiger partial charge on any atom is -0.455 e. The monoisotopic (exact) mass is 360 g/mol. The van der Waals surface area contributed by atoms with E-state index < -0.39 is 6.09 Å². The van der Waals surface area contributed by atoms with E-state index in [4.69, 9.17) is 4.74 Å². The fourth-order valence-electron chi connectivity index (χ4n) is 3.90. The minimum absolute atomic E-state index is 0.0172. The highest BCUT2D eigenvalue weighted by atomic mass is 16.5. The molecule has 0 unspecified atom stereocenters. The van der Waals surface area contributed by atoms with Crippen molar-refractivity contribution in [2.75, 3.05) is 19.0 Å². The average Bonchev–Trinajstić information content (AvgIpc) is 3.29. The number of carbonyl (C=O) groups excluding carboxylic acids is 3. The second-order valence-corrected chi connectivity index (χ2v) is 6.98. The van der Waals surface area contributed by atoms with Crippen molar-refractivity contribution in [2.24, 2.45) is 17.8 Å². The van der Waals surface area contributed by atoms with Crippen molar-refractivity contribution in [3.63, 3.8) is 0 Å². The van der Waals surface area contributed by atoms with Crippen molar-refractivity contribution in [3.05, 3.63) is 29.8 Å². The van der Waals surface area contributed by atoms with Crippen molar-refractivity contribution >= 4 is 23.7 Å². The van der Waals surface area contributed by atoms with Gasteiger partial charge in [-0.15, -0.1) is 0 Å².